The van der Waals surface area contributed by atoms with Crippen LogP contribution in [0.2, 0.25) is 0 Å². The first-order valence-corrected chi connectivity index (χ1v) is 7.61. The van der Waals surface area contributed by atoms with Crippen LogP contribution in [-0.2, 0) is 6.54 Å². The highest BCUT2D eigenvalue weighted by atomic mass is 79.9. The van der Waals surface area contributed by atoms with Crippen molar-refractivity contribution in [2.24, 2.45) is 0 Å². The monoisotopic (exact) mass is 341 g/mol. The van der Waals surface area contributed by atoms with Gasteiger partial charge in [-0.25, -0.2) is 0 Å². The normalized spacial score (nSPS) is 10.6. The summed E-state index contributed by atoms with van der Waals surface area (Å²) in [6.45, 7) is 0.723. The van der Waals surface area contributed by atoms with Gasteiger partial charge in [-0.2, -0.15) is 0 Å². The third-order valence-corrected chi connectivity index (χ3v) is 4.00. The lowest BCUT2D eigenvalue weighted by Gasteiger charge is -2.14. The molecule has 0 amide bonds. The zero-order valence-corrected chi connectivity index (χ0v) is 13.4. The van der Waals surface area contributed by atoms with Gasteiger partial charge in [0.05, 0.1) is 7.11 Å². The van der Waals surface area contributed by atoms with Gasteiger partial charge in [0.25, 0.3) is 0 Å². The number of benzene rings is 3. The molecule has 0 spiro atoms. The van der Waals surface area contributed by atoms with E-state index < -0.39 is 0 Å². The fourth-order valence-electron chi connectivity index (χ4n) is 2.48. The van der Waals surface area contributed by atoms with E-state index in [-0.39, 0.29) is 0 Å². The van der Waals surface area contributed by atoms with Crippen LogP contribution in [0.25, 0.3) is 10.8 Å². The Morgan fingerprint density at radius 1 is 1.00 bits per heavy atom. The molecule has 3 heteroatoms. The molecule has 0 saturated heterocycles. The van der Waals surface area contributed by atoms with Crippen molar-refractivity contribution in [3.8, 4) is 5.75 Å². The summed E-state index contributed by atoms with van der Waals surface area (Å²) in [5.41, 5.74) is 2.26. The third kappa shape index (κ3) is 3.03. The Balaban J connectivity index is 1.95. The molecular formula is C18H16BrNO. The molecule has 0 aliphatic rings. The lowest BCUT2D eigenvalue weighted by atomic mass is 10.0. The molecule has 2 nitrogen and oxygen atoms in total. The average molecular weight is 342 g/mol. The highest BCUT2D eigenvalue weighted by Gasteiger charge is 2.08. The van der Waals surface area contributed by atoms with E-state index in [9.17, 15) is 0 Å². The van der Waals surface area contributed by atoms with E-state index in [0.29, 0.717) is 0 Å². The third-order valence-electron chi connectivity index (χ3n) is 3.51. The topological polar surface area (TPSA) is 21.3 Å². The molecule has 0 aliphatic carbocycles. The van der Waals surface area contributed by atoms with Gasteiger partial charge in [0.15, 0.2) is 0 Å². The quantitative estimate of drug-likeness (QED) is 0.702. The van der Waals surface area contributed by atoms with Crippen molar-refractivity contribution in [3.63, 3.8) is 0 Å². The first-order chi connectivity index (χ1) is 10.3. The molecule has 0 saturated carbocycles. The SMILES string of the molecule is COc1ccc2ccccc2c1CNc1cccc(Br)c1. The number of anilines is 1. The van der Waals surface area contributed by atoms with E-state index in [0.717, 1.165) is 22.5 Å². The summed E-state index contributed by atoms with van der Waals surface area (Å²) in [4.78, 5) is 0. The van der Waals surface area contributed by atoms with Crippen molar-refractivity contribution in [2.75, 3.05) is 12.4 Å². The van der Waals surface area contributed by atoms with Crippen molar-refractivity contribution >= 4 is 32.4 Å². The van der Waals surface area contributed by atoms with Crippen LogP contribution in [0.5, 0.6) is 5.75 Å². The van der Waals surface area contributed by atoms with E-state index in [4.69, 9.17) is 4.74 Å². The number of hydrogen-bond donors (Lipinski definition) is 1. The predicted molar refractivity (Wildman–Crippen MR) is 92.0 cm³/mol. The molecule has 0 aliphatic heterocycles. The number of rotatable bonds is 4. The molecule has 0 bridgehead atoms. The van der Waals surface area contributed by atoms with E-state index in [1.54, 1.807) is 7.11 Å². The molecular weight excluding hydrogens is 326 g/mol. The Hall–Kier alpha value is -2.00. The van der Waals surface area contributed by atoms with E-state index >= 15 is 0 Å². The van der Waals surface area contributed by atoms with Crippen LogP contribution in [-0.4, -0.2) is 7.11 Å². The fraction of sp³-hybridized carbons (Fsp3) is 0.111. The molecule has 3 aromatic carbocycles. The van der Waals surface area contributed by atoms with Crippen molar-refractivity contribution < 1.29 is 4.74 Å². The lowest BCUT2D eigenvalue weighted by Crippen LogP contribution is -2.02. The molecule has 0 unspecified atom stereocenters. The minimum absolute atomic E-state index is 0.723. The first-order valence-electron chi connectivity index (χ1n) is 6.82. The van der Waals surface area contributed by atoms with Crippen LogP contribution in [0.1, 0.15) is 5.56 Å². The second-order valence-electron chi connectivity index (χ2n) is 4.83. The summed E-state index contributed by atoms with van der Waals surface area (Å²) >= 11 is 3.49. The maximum absolute atomic E-state index is 5.52. The number of nitrogens with one attached hydrogen (secondary N) is 1. The number of halogens is 1. The molecule has 0 aromatic heterocycles. The molecule has 0 fully saturated rings. The predicted octanol–water partition coefficient (Wildman–Crippen LogP) is 5.22. The molecule has 3 rings (SSSR count). The zero-order chi connectivity index (χ0) is 14.7. The number of fused-ring (bicyclic) bond motifs is 1. The Morgan fingerprint density at radius 2 is 1.86 bits per heavy atom. The minimum Gasteiger partial charge on any atom is -0.496 e. The van der Waals surface area contributed by atoms with Gasteiger partial charge in [0, 0.05) is 22.3 Å². The number of hydrogen-bond acceptors (Lipinski definition) is 2. The average Bonchev–Trinajstić information content (AvgIpc) is 2.52. The van der Waals surface area contributed by atoms with Crippen LogP contribution in [0.3, 0.4) is 0 Å². The maximum atomic E-state index is 5.52. The fourth-order valence-corrected chi connectivity index (χ4v) is 2.88. The van der Waals surface area contributed by atoms with Gasteiger partial charge in [-0.1, -0.05) is 52.3 Å². The molecule has 106 valence electrons. The summed E-state index contributed by atoms with van der Waals surface area (Å²) < 4.78 is 6.58. The van der Waals surface area contributed by atoms with Crippen molar-refractivity contribution in [3.05, 3.63) is 70.7 Å². The summed E-state index contributed by atoms with van der Waals surface area (Å²) in [6.07, 6.45) is 0. The zero-order valence-electron chi connectivity index (χ0n) is 11.8. The van der Waals surface area contributed by atoms with Gasteiger partial charge < -0.3 is 10.1 Å². The van der Waals surface area contributed by atoms with Gasteiger partial charge in [-0.15, -0.1) is 0 Å². The van der Waals surface area contributed by atoms with Crippen LogP contribution in [0, 0.1) is 0 Å². The molecule has 1 N–H and O–H groups in total. The second kappa shape index (κ2) is 6.19. The Kier molecular flexibility index (Phi) is 4.11. The summed E-state index contributed by atoms with van der Waals surface area (Å²) in [5, 5.41) is 5.91. The molecule has 0 heterocycles. The van der Waals surface area contributed by atoms with Crippen LogP contribution in [0.15, 0.2) is 65.1 Å². The standard InChI is InChI=1S/C18H16BrNO/c1-21-18-10-9-13-5-2-3-8-16(13)17(18)12-20-15-7-4-6-14(19)11-15/h2-11,20H,12H2,1H3. The molecule has 3 aromatic rings. The smallest absolute Gasteiger partial charge is 0.124 e. The Bertz CT molecular complexity index is 770. The maximum Gasteiger partial charge on any atom is 0.124 e. The summed E-state index contributed by atoms with van der Waals surface area (Å²) in [5.74, 6) is 0.913. The van der Waals surface area contributed by atoms with Crippen molar-refractivity contribution in [1.29, 1.82) is 0 Å². The molecule has 0 atom stereocenters. The Morgan fingerprint density at radius 3 is 2.67 bits per heavy atom. The molecule has 0 radical (unpaired) electrons. The minimum atomic E-state index is 0.723. The Labute approximate surface area is 132 Å². The van der Waals surface area contributed by atoms with Gasteiger partial charge in [-0.05, 0) is 35.0 Å². The number of ether oxygens (including phenoxy) is 1. The van der Waals surface area contributed by atoms with Crippen LogP contribution < -0.4 is 10.1 Å². The largest absolute Gasteiger partial charge is 0.496 e. The second-order valence-corrected chi connectivity index (χ2v) is 5.75. The van der Waals surface area contributed by atoms with Gasteiger partial charge in [-0.3, -0.25) is 0 Å². The number of methoxy groups -OCH3 is 1. The van der Waals surface area contributed by atoms with Gasteiger partial charge in [0.1, 0.15) is 5.75 Å². The van der Waals surface area contributed by atoms with Gasteiger partial charge in [0.2, 0.25) is 0 Å². The lowest BCUT2D eigenvalue weighted by molar-refractivity contribution is 0.411. The van der Waals surface area contributed by atoms with E-state index in [1.165, 1.54) is 16.3 Å². The highest BCUT2D eigenvalue weighted by Crippen LogP contribution is 2.29. The van der Waals surface area contributed by atoms with Crippen LogP contribution >= 0.6 is 15.9 Å². The van der Waals surface area contributed by atoms with E-state index in [1.807, 2.05) is 18.2 Å². The summed E-state index contributed by atoms with van der Waals surface area (Å²) in [7, 11) is 1.71. The summed E-state index contributed by atoms with van der Waals surface area (Å²) in [6, 6.07) is 20.7. The molecule has 21 heavy (non-hydrogen) atoms. The van der Waals surface area contributed by atoms with Crippen molar-refractivity contribution in [1.82, 2.24) is 0 Å². The van der Waals surface area contributed by atoms with Gasteiger partial charge >= 0.3 is 0 Å². The van der Waals surface area contributed by atoms with E-state index in [2.05, 4.69) is 63.7 Å². The van der Waals surface area contributed by atoms with Crippen LogP contribution in [0.4, 0.5) is 5.69 Å². The highest BCUT2D eigenvalue weighted by molar-refractivity contribution is 9.10. The van der Waals surface area contributed by atoms with Crippen molar-refractivity contribution in [2.45, 2.75) is 6.54 Å². The first kappa shape index (κ1) is 14.0.